The molecule has 0 aliphatic carbocycles. The topological polar surface area (TPSA) is 67.3 Å². The molecule has 0 aliphatic heterocycles. The molecule has 0 fully saturated rings. The van der Waals surface area contributed by atoms with Gasteiger partial charge >= 0.3 is 0 Å². The number of hydrogen-bond donors (Lipinski definition) is 1. The van der Waals surface area contributed by atoms with Crippen molar-refractivity contribution in [2.45, 2.75) is 11.8 Å². The number of hydrogen-bond acceptors (Lipinski definition) is 3. The molecule has 4 nitrogen and oxygen atoms in total. The maximum absolute atomic E-state index is 11.2. The van der Waals surface area contributed by atoms with E-state index in [-0.39, 0.29) is 4.90 Å². The Bertz CT molecular complexity index is 984. The molecule has 1 heterocycles. The average Bonchev–Trinajstić information content (AvgIpc) is 2.45. The molecule has 1 N–H and O–H groups in total. The molecule has 2 aromatic carbocycles. The fourth-order valence-electron chi connectivity index (χ4n) is 2.42. The molecule has 0 spiro atoms. The molecule has 22 heavy (non-hydrogen) atoms. The van der Waals surface area contributed by atoms with Gasteiger partial charge in [0, 0.05) is 22.2 Å². The fourth-order valence-corrected chi connectivity index (χ4v) is 3.17. The molecule has 3 rings (SSSR count). The normalized spacial score (nSPS) is 11.8. The molecule has 0 bridgehead atoms. The van der Waals surface area contributed by atoms with Gasteiger partial charge in [0.2, 0.25) is 0 Å². The standard InChI is InChI=1S/C16H12ClNO3S/c1-10-8-12(17)2-4-14(10)16-15-5-3-13(22(19,20)21)9-11(15)6-7-18-16/h2-9H,1H3,(H,19,20,21). The number of nitrogens with zero attached hydrogens (tertiary/aromatic N) is 1. The lowest BCUT2D eigenvalue weighted by atomic mass is 10.0. The van der Waals surface area contributed by atoms with Gasteiger partial charge in [0.1, 0.15) is 0 Å². The third kappa shape index (κ3) is 2.70. The van der Waals surface area contributed by atoms with Gasteiger partial charge in [0.15, 0.2) is 0 Å². The van der Waals surface area contributed by atoms with Crippen LogP contribution in [0, 0.1) is 6.92 Å². The van der Waals surface area contributed by atoms with Crippen LogP contribution >= 0.6 is 11.6 Å². The van der Waals surface area contributed by atoms with E-state index in [0.29, 0.717) is 10.4 Å². The van der Waals surface area contributed by atoms with E-state index in [1.165, 1.54) is 12.1 Å². The molecule has 0 amide bonds. The van der Waals surface area contributed by atoms with Crippen LogP contribution in [-0.4, -0.2) is 18.0 Å². The molecule has 0 saturated carbocycles. The first-order valence-electron chi connectivity index (χ1n) is 6.49. The minimum Gasteiger partial charge on any atom is -0.282 e. The highest BCUT2D eigenvalue weighted by Crippen LogP contribution is 2.31. The van der Waals surface area contributed by atoms with Crippen LogP contribution in [0.1, 0.15) is 5.56 Å². The number of rotatable bonds is 2. The van der Waals surface area contributed by atoms with Crippen molar-refractivity contribution in [1.82, 2.24) is 4.98 Å². The van der Waals surface area contributed by atoms with Gasteiger partial charge in [-0.25, -0.2) is 0 Å². The highest BCUT2D eigenvalue weighted by molar-refractivity contribution is 7.85. The van der Waals surface area contributed by atoms with E-state index in [9.17, 15) is 8.42 Å². The second-order valence-corrected chi connectivity index (χ2v) is 6.83. The monoisotopic (exact) mass is 333 g/mol. The summed E-state index contributed by atoms with van der Waals surface area (Å²) in [5.41, 5.74) is 2.65. The molecule has 0 atom stereocenters. The number of pyridine rings is 1. The summed E-state index contributed by atoms with van der Waals surface area (Å²) in [5, 5.41) is 2.14. The Labute approximate surface area is 133 Å². The van der Waals surface area contributed by atoms with Crippen LogP contribution in [0.25, 0.3) is 22.0 Å². The van der Waals surface area contributed by atoms with Gasteiger partial charge in [-0.3, -0.25) is 9.54 Å². The molecule has 0 radical (unpaired) electrons. The van der Waals surface area contributed by atoms with Crippen molar-refractivity contribution in [3.05, 3.63) is 59.2 Å². The van der Waals surface area contributed by atoms with E-state index in [2.05, 4.69) is 4.98 Å². The zero-order valence-corrected chi connectivity index (χ0v) is 13.2. The Kier molecular flexibility index (Phi) is 3.64. The lowest BCUT2D eigenvalue weighted by molar-refractivity contribution is 0.483. The molecular weight excluding hydrogens is 322 g/mol. The van der Waals surface area contributed by atoms with E-state index < -0.39 is 10.1 Å². The van der Waals surface area contributed by atoms with Gasteiger partial charge < -0.3 is 0 Å². The number of aromatic nitrogens is 1. The third-order valence-electron chi connectivity index (χ3n) is 3.48. The maximum atomic E-state index is 11.2. The summed E-state index contributed by atoms with van der Waals surface area (Å²) in [6.07, 6.45) is 1.61. The first-order chi connectivity index (χ1) is 10.4. The average molecular weight is 334 g/mol. The molecule has 0 unspecified atom stereocenters. The van der Waals surface area contributed by atoms with Crippen molar-refractivity contribution < 1.29 is 13.0 Å². The SMILES string of the molecule is Cc1cc(Cl)ccc1-c1nccc2cc(S(=O)(=O)O)ccc12. The number of halogens is 1. The number of benzene rings is 2. The summed E-state index contributed by atoms with van der Waals surface area (Å²) in [6.45, 7) is 1.94. The predicted octanol–water partition coefficient (Wildman–Crippen LogP) is 4.11. The van der Waals surface area contributed by atoms with Gasteiger partial charge in [0.25, 0.3) is 10.1 Å². The van der Waals surface area contributed by atoms with Crippen LogP contribution in [0.5, 0.6) is 0 Å². The Balaban J connectivity index is 2.28. The second-order valence-electron chi connectivity index (χ2n) is 4.98. The molecule has 3 aromatic rings. The summed E-state index contributed by atoms with van der Waals surface area (Å²) >= 11 is 5.98. The Morgan fingerprint density at radius 1 is 1.09 bits per heavy atom. The minimum absolute atomic E-state index is 0.134. The molecule has 0 aliphatic rings. The summed E-state index contributed by atoms with van der Waals surface area (Å²) in [7, 11) is -4.22. The fraction of sp³-hybridized carbons (Fsp3) is 0.0625. The number of fused-ring (bicyclic) bond motifs is 1. The van der Waals surface area contributed by atoms with E-state index >= 15 is 0 Å². The zero-order chi connectivity index (χ0) is 15.9. The van der Waals surface area contributed by atoms with E-state index in [4.69, 9.17) is 16.2 Å². The number of aryl methyl sites for hydroxylation is 1. The van der Waals surface area contributed by atoms with Gasteiger partial charge in [-0.05, 0) is 48.2 Å². The Hall–Kier alpha value is -1.95. The van der Waals surface area contributed by atoms with E-state index in [1.54, 1.807) is 24.4 Å². The molecule has 6 heteroatoms. The van der Waals surface area contributed by atoms with Crippen LogP contribution in [0.2, 0.25) is 5.02 Å². The van der Waals surface area contributed by atoms with Crippen LogP contribution in [0.15, 0.2) is 53.6 Å². The first kappa shape index (κ1) is 15.0. The van der Waals surface area contributed by atoms with E-state index in [0.717, 1.165) is 22.2 Å². The Morgan fingerprint density at radius 3 is 2.55 bits per heavy atom. The summed E-state index contributed by atoms with van der Waals surface area (Å²) in [5.74, 6) is 0. The summed E-state index contributed by atoms with van der Waals surface area (Å²) in [6, 6.07) is 11.7. The highest BCUT2D eigenvalue weighted by Gasteiger charge is 2.13. The summed E-state index contributed by atoms with van der Waals surface area (Å²) < 4.78 is 31.6. The van der Waals surface area contributed by atoms with Gasteiger partial charge in [-0.1, -0.05) is 23.7 Å². The summed E-state index contributed by atoms with van der Waals surface area (Å²) in [4.78, 5) is 4.27. The maximum Gasteiger partial charge on any atom is 0.294 e. The molecular formula is C16H12ClNO3S. The van der Waals surface area contributed by atoms with E-state index in [1.807, 2.05) is 19.1 Å². The molecule has 112 valence electrons. The van der Waals surface area contributed by atoms with Crippen LogP contribution in [-0.2, 0) is 10.1 Å². The lowest BCUT2D eigenvalue weighted by Crippen LogP contribution is -1.98. The quantitative estimate of drug-likeness (QED) is 0.717. The minimum atomic E-state index is -4.22. The van der Waals surface area contributed by atoms with Crippen LogP contribution < -0.4 is 0 Å². The van der Waals surface area contributed by atoms with Gasteiger partial charge in [0.05, 0.1) is 10.6 Å². The van der Waals surface area contributed by atoms with Crippen molar-refractivity contribution in [1.29, 1.82) is 0 Å². The smallest absolute Gasteiger partial charge is 0.282 e. The molecule has 0 saturated heterocycles. The van der Waals surface area contributed by atoms with Gasteiger partial charge in [-0.2, -0.15) is 8.42 Å². The van der Waals surface area contributed by atoms with Crippen LogP contribution in [0.4, 0.5) is 0 Å². The van der Waals surface area contributed by atoms with Crippen molar-refractivity contribution in [3.63, 3.8) is 0 Å². The second kappa shape index (κ2) is 5.35. The van der Waals surface area contributed by atoms with Crippen LogP contribution in [0.3, 0.4) is 0 Å². The first-order valence-corrected chi connectivity index (χ1v) is 8.31. The lowest BCUT2D eigenvalue weighted by Gasteiger charge is -2.10. The van der Waals surface area contributed by atoms with Crippen molar-refractivity contribution in [3.8, 4) is 11.3 Å². The van der Waals surface area contributed by atoms with Crippen molar-refractivity contribution in [2.24, 2.45) is 0 Å². The Morgan fingerprint density at radius 2 is 1.86 bits per heavy atom. The third-order valence-corrected chi connectivity index (χ3v) is 4.56. The van der Waals surface area contributed by atoms with Gasteiger partial charge in [-0.15, -0.1) is 0 Å². The zero-order valence-electron chi connectivity index (χ0n) is 11.6. The predicted molar refractivity (Wildman–Crippen MR) is 86.7 cm³/mol. The molecule has 1 aromatic heterocycles. The highest BCUT2D eigenvalue weighted by atomic mass is 35.5. The van der Waals surface area contributed by atoms with Crippen molar-refractivity contribution in [2.75, 3.05) is 0 Å². The largest absolute Gasteiger partial charge is 0.294 e. The van der Waals surface area contributed by atoms with Crippen molar-refractivity contribution >= 4 is 32.5 Å².